The second-order valence-corrected chi connectivity index (χ2v) is 7.07. The molecule has 0 spiro atoms. The van der Waals surface area contributed by atoms with E-state index in [4.69, 9.17) is 11.6 Å². The van der Waals surface area contributed by atoms with Crippen molar-refractivity contribution in [3.8, 4) is 0 Å². The van der Waals surface area contributed by atoms with Gasteiger partial charge in [-0.15, -0.1) is 0 Å². The van der Waals surface area contributed by atoms with Crippen molar-refractivity contribution in [3.05, 3.63) is 75.7 Å². The first-order valence-electron chi connectivity index (χ1n) is 8.61. The molecule has 1 amide bonds. The maximum Gasteiger partial charge on any atom is 0.275 e. The number of nitrogens with zero attached hydrogens (tertiary/aromatic N) is 2. The zero-order chi connectivity index (χ0) is 18.1. The van der Waals surface area contributed by atoms with Crippen LogP contribution in [-0.2, 0) is 11.3 Å². The molecule has 4 rings (SSSR count). The van der Waals surface area contributed by atoms with Crippen molar-refractivity contribution in [1.82, 2.24) is 15.1 Å². The van der Waals surface area contributed by atoms with Crippen LogP contribution in [0.15, 0.2) is 59.5 Å². The molecular formula is C20H18ClN3O2. The number of halogens is 1. The molecule has 1 aromatic heterocycles. The highest BCUT2D eigenvalue weighted by molar-refractivity contribution is 6.30. The third kappa shape index (κ3) is 3.48. The highest BCUT2D eigenvalue weighted by atomic mass is 35.5. The summed E-state index contributed by atoms with van der Waals surface area (Å²) >= 11 is 5.96. The Kier molecular flexibility index (Phi) is 4.47. The van der Waals surface area contributed by atoms with Crippen molar-refractivity contribution in [2.24, 2.45) is 5.92 Å². The van der Waals surface area contributed by atoms with Crippen LogP contribution in [-0.4, -0.2) is 15.7 Å². The number of hydrogen-bond donors (Lipinski definition) is 1. The quantitative estimate of drug-likeness (QED) is 0.752. The number of carbonyl (C=O) groups excluding carboxylic acids is 1. The lowest BCUT2D eigenvalue weighted by atomic mass is 10.0. The monoisotopic (exact) mass is 367 g/mol. The summed E-state index contributed by atoms with van der Waals surface area (Å²) in [5, 5.41) is 9.18. The van der Waals surface area contributed by atoms with Gasteiger partial charge in [0.25, 0.3) is 5.56 Å². The molecule has 0 bridgehead atoms. The van der Waals surface area contributed by atoms with Crippen LogP contribution < -0.4 is 10.9 Å². The highest BCUT2D eigenvalue weighted by Gasteiger charge is 2.33. The summed E-state index contributed by atoms with van der Waals surface area (Å²) in [4.78, 5) is 25.1. The van der Waals surface area contributed by atoms with E-state index in [1.54, 1.807) is 18.3 Å². The molecule has 2 aromatic carbocycles. The van der Waals surface area contributed by atoms with E-state index >= 15 is 0 Å². The number of hydrogen-bond acceptors (Lipinski definition) is 3. The summed E-state index contributed by atoms with van der Waals surface area (Å²) in [6, 6.07) is 14.7. The third-order valence-electron chi connectivity index (χ3n) is 4.69. The maximum atomic E-state index is 12.5. The number of amides is 1. The molecule has 1 fully saturated rings. The lowest BCUT2D eigenvalue weighted by Crippen LogP contribution is -2.36. The Morgan fingerprint density at radius 1 is 1.19 bits per heavy atom. The average Bonchev–Trinajstić information content (AvgIpc) is 3.48. The minimum absolute atomic E-state index is 0.0593. The number of nitrogens with one attached hydrogen (secondary N) is 1. The summed E-state index contributed by atoms with van der Waals surface area (Å²) in [6.45, 7) is -0.0967. The van der Waals surface area contributed by atoms with Crippen molar-refractivity contribution in [1.29, 1.82) is 0 Å². The summed E-state index contributed by atoms with van der Waals surface area (Å²) in [5.41, 5.74) is 0.775. The van der Waals surface area contributed by atoms with Crippen LogP contribution in [0.1, 0.15) is 24.4 Å². The van der Waals surface area contributed by atoms with Gasteiger partial charge in [0.15, 0.2) is 0 Å². The van der Waals surface area contributed by atoms with Gasteiger partial charge in [-0.25, -0.2) is 4.68 Å². The molecule has 132 valence electrons. The predicted octanol–water partition coefficient (Wildman–Crippen LogP) is 3.32. The fourth-order valence-corrected chi connectivity index (χ4v) is 3.29. The number of carbonyl (C=O) groups is 1. The van der Waals surface area contributed by atoms with E-state index in [0.717, 1.165) is 23.8 Å². The zero-order valence-corrected chi connectivity index (χ0v) is 14.8. The normalized spacial score (nSPS) is 15.0. The van der Waals surface area contributed by atoms with Crippen LogP contribution in [0.3, 0.4) is 0 Å². The molecule has 1 saturated carbocycles. The molecule has 0 aliphatic heterocycles. The minimum atomic E-state index is -0.257. The van der Waals surface area contributed by atoms with Crippen molar-refractivity contribution in [2.45, 2.75) is 25.4 Å². The Labute approximate surface area is 155 Å². The summed E-state index contributed by atoms with van der Waals surface area (Å²) in [7, 11) is 0. The molecule has 1 unspecified atom stereocenters. The summed E-state index contributed by atoms with van der Waals surface area (Å²) in [6.07, 6.45) is 3.78. The Morgan fingerprint density at radius 2 is 1.92 bits per heavy atom. The first-order chi connectivity index (χ1) is 12.6. The molecule has 1 N–H and O–H groups in total. The van der Waals surface area contributed by atoms with Crippen molar-refractivity contribution in [2.75, 3.05) is 0 Å². The zero-order valence-electron chi connectivity index (χ0n) is 14.1. The predicted molar refractivity (Wildman–Crippen MR) is 101 cm³/mol. The van der Waals surface area contributed by atoms with E-state index in [1.165, 1.54) is 4.68 Å². The fourth-order valence-electron chi connectivity index (χ4n) is 3.17. The van der Waals surface area contributed by atoms with Crippen molar-refractivity contribution in [3.63, 3.8) is 0 Å². The second kappa shape index (κ2) is 6.92. The van der Waals surface area contributed by atoms with Gasteiger partial charge in [0.1, 0.15) is 6.54 Å². The summed E-state index contributed by atoms with van der Waals surface area (Å²) in [5.74, 6) is 0.211. The minimum Gasteiger partial charge on any atom is -0.347 e. The van der Waals surface area contributed by atoms with Crippen LogP contribution >= 0.6 is 11.6 Å². The van der Waals surface area contributed by atoms with Crippen LogP contribution in [0.5, 0.6) is 0 Å². The Morgan fingerprint density at radius 3 is 2.65 bits per heavy atom. The van der Waals surface area contributed by atoms with E-state index in [-0.39, 0.29) is 24.1 Å². The largest absolute Gasteiger partial charge is 0.347 e. The summed E-state index contributed by atoms with van der Waals surface area (Å²) < 4.78 is 1.21. The molecule has 1 aliphatic rings. The van der Waals surface area contributed by atoms with Gasteiger partial charge in [-0.3, -0.25) is 9.59 Å². The molecule has 1 heterocycles. The number of benzene rings is 2. The molecule has 1 aliphatic carbocycles. The maximum absolute atomic E-state index is 12.5. The lowest BCUT2D eigenvalue weighted by Gasteiger charge is -2.19. The number of aromatic nitrogens is 2. The molecule has 0 radical (unpaired) electrons. The van der Waals surface area contributed by atoms with Gasteiger partial charge in [-0.2, -0.15) is 5.10 Å². The molecule has 6 heteroatoms. The Bertz CT molecular complexity index is 1010. The van der Waals surface area contributed by atoms with Gasteiger partial charge in [-0.1, -0.05) is 41.9 Å². The fraction of sp³-hybridized carbons (Fsp3) is 0.250. The van der Waals surface area contributed by atoms with Gasteiger partial charge in [0.2, 0.25) is 5.91 Å². The van der Waals surface area contributed by atoms with Gasteiger partial charge in [-0.05, 0) is 42.5 Å². The molecular weight excluding hydrogens is 350 g/mol. The number of rotatable bonds is 5. The molecule has 26 heavy (non-hydrogen) atoms. The van der Waals surface area contributed by atoms with E-state index in [0.29, 0.717) is 16.3 Å². The van der Waals surface area contributed by atoms with Gasteiger partial charge in [0.05, 0.1) is 17.6 Å². The van der Waals surface area contributed by atoms with Crippen LogP contribution in [0, 0.1) is 5.92 Å². The van der Waals surface area contributed by atoms with E-state index in [2.05, 4.69) is 10.4 Å². The molecule has 0 saturated heterocycles. The third-order valence-corrected chi connectivity index (χ3v) is 4.95. The van der Waals surface area contributed by atoms with E-state index < -0.39 is 0 Å². The Hall–Kier alpha value is -2.66. The Balaban J connectivity index is 1.53. The molecule has 3 aromatic rings. The topological polar surface area (TPSA) is 64.0 Å². The van der Waals surface area contributed by atoms with Gasteiger partial charge >= 0.3 is 0 Å². The van der Waals surface area contributed by atoms with E-state index in [9.17, 15) is 9.59 Å². The van der Waals surface area contributed by atoms with Gasteiger partial charge < -0.3 is 5.32 Å². The van der Waals surface area contributed by atoms with Crippen LogP contribution in [0.25, 0.3) is 10.8 Å². The highest BCUT2D eigenvalue weighted by Crippen LogP contribution is 2.41. The van der Waals surface area contributed by atoms with Crippen LogP contribution in [0.4, 0.5) is 0 Å². The SMILES string of the molecule is O=C(Cn1ncc2ccccc2c1=O)NC(c1ccc(Cl)cc1)C1CC1. The molecule has 1 atom stereocenters. The molecule has 5 nitrogen and oxygen atoms in total. The number of fused-ring (bicyclic) bond motifs is 1. The van der Waals surface area contributed by atoms with Crippen LogP contribution in [0.2, 0.25) is 5.02 Å². The standard InChI is InChI=1S/C20H18ClN3O2/c21-16-9-7-14(8-10-16)19(13-5-6-13)23-18(25)12-24-20(26)17-4-2-1-3-15(17)11-22-24/h1-4,7-11,13,19H,5-6,12H2,(H,23,25). The average molecular weight is 368 g/mol. The van der Waals surface area contributed by atoms with E-state index in [1.807, 2.05) is 36.4 Å². The first-order valence-corrected chi connectivity index (χ1v) is 8.99. The van der Waals surface area contributed by atoms with Crippen molar-refractivity contribution < 1.29 is 4.79 Å². The van der Waals surface area contributed by atoms with Crippen molar-refractivity contribution >= 4 is 28.3 Å². The first kappa shape index (κ1) is 16.8. The lowest BCUT2D eigenvalue weighted by molar-refractivity contribution is -0.122. The second-order valence-electron chi connectivity index (χ2n) is 6.63. The van der Waals surface area contributed by atoms with Gasteiger partial charge in [0, 0.05) is 10.4 Å². The smallest absolute Gasteiger partial charge is 0.275 e.